The lowest BCUT2D eigenvalue weighted by molar-refractivity contribution is 0.0921. The molecule has 0 spiro atoms. The van der Waals surface area contributed by atoms with E-state index >= 15 is 0 Å². The van der Waals surface area contributed by atoms with Crippen LogP contribution in [0.25, 0.3) is 0 Å². The van der Waals surface area contributed by atoms with Gasteiger partial charge in [0.15, 0.2) is 0 Å². The van der Waals surface area contributed by atoms with Gasteiger partial charge in [0.05, 0.1) is 31.4 Å². The van der Waals surface area contributed by atoms with Crippen LogP contribution < -0.4 is 10.9 Å². The van der Waals surface area contributed by atoms with Crippen molar-refractivity contribution < 1.29 is 4.79 Å². The van der Waals surface area contributed by atoms with Crippen LogP contribution in [0.4, 0.5) is 0 Å². The molecule has 0 fully saturated rings. The third-order valence-corrected chi connectivity index (χ3v) is 2.37. The fourth-order valence-corrected chi connectivity index (χ4v) is 0.957. The number of hydrazine groups is 1. The number of hydrogen-bond acceptors (Lipinski definition) is 2. The molecule has 0 saturated heterocycles. The first-order valence-corrected chi connectivity index (χ1v) is 5.02. The minimum absolute atomic E-state index is 0.355. The van der Waals surface area contributed by atoms with Gasteiger partial charge in [-0.2, -0.15) is 0 Å². The molecule has 78 valence electrons. The third kappa shape index (κ3) is 3.70. The van der Waals surface area contributed by atoms with E-state index in [1.165, 1.54) is 6.92 Å². The van der Waals surface area contributed by atoms with Crippen molar-refractivity contribution in [3.05, 3.63) is 35.9 Å². The van der Waals surface area contributed by atoms with Crippen molar-refractivity contribution in [3.63, 3.8) is 0 Å². The third-order valence-electron chi connectivity index (χ3n) is 2.37. The largest absolute Gasteiger partial charge is 0.288 e. The highest BCUT2D eigenvalue weighted by Crippen LogP contribution is 2.23. The first-order valence-electron chi connectivity index (χ1n) is 5.02. The normalized spacial score (nSPS) is 14.9. The lowest BCUT2D eigenvalue weighted by atomic mass is 9.31. The SMILES string of the molecule is [B]C([B])([B])C([B])(C)NNC(=O)c1ccccc1. The van der Waals surface area contributed by atoms with Gasteiger partial charge >= 0.3 is 0 Å². The second-order valence-corrected chi connectivity index (χ2v) is 4.08. The molecule has 1 atom stereocenters. The summed E-state index contributed by atoms with van der Waals surface area (Å²) in [4.78, 5) is 11.7. The summed E-state index contributed by atoms with van der Waals surface area (Å²) < 4.78 is 0. The molecule has 0 aromatic heterocycles. The summed E-state index contributed by atoms with van der Waals surface area (Å²) in [5, 5.41) is -1.67. The Morgan fingerprint density at radius 1 is 1.12 bits per heavy atom. The number of nitrogens with one attached hydrogen (secondary N) is 2. The summed E-state index contributed by atoms with van der Waals surface area (Å²) in [7, 11) is 22.1. The number of hydrogen-bond donors (Lipinski definition) is 2. The van der Waals surface area contributed by atoms with E-state index in [1.54, 1.807) is 24.3 Å². The lowest BCUT2D eigenvalue weighted by Crippen LogP contribution is -2.60. The molecule has 1 aromatic rings. The van der Waals surface area contributed by atoms with Crippen LogP contribution in [0.3, 0.4) is 0 Å². The van der Waals surface area contributed by atoms with Crippen LogP contribution in [0.5, 0.6) is 0 Å². The average Bonchev–Trinajstić information content (AvgIpc) is 2.25. The van der Waals surface area contributed by atoms with Crippen molar-refractivity contribution >= 4 is 37.3 Å². The monoisotopic (exact) mass is 218 g/mol. The van der Waals surface area contributed by atoms with E-state index in [0.717, 1.165) is 0 Å². The van der Waals surface area contributed by atoms with E-state index in [1.807, 2.05) is 6.07 Å². The molecule has 0 heterocycles. The van der Waals surface area contributed by atoms with Crippen molar-refractivity contribution in [2.24, 2.45) is 0 Å². The second-order valence-electron chi connectivity index (χ2n) is 4.08. The maximum absolute atomic E-state index is 11.7. The van der Waals surface area contributed by atoms with Gasteiger partial charge in [0, 0.05) is 5.56 Å². The Morgan fingerprint density at radius 3 is 2.12 bits per heavy atom. The van der Waals surface area contributed by atoms with Crippen molar-refractivity contribution in [2.45, 2.75) is 17.5 Å². The predicted molar refractivity (Wildman–Crippen MR) is 71.2 cm³/mol. The molecule has 1 aromatic carbocycles. The molecule has 0 aliphatic carbocycles. The van der Waals surface area contributed by atoms with Crippen molar-refractivity contribution in [2.75, 3.05) is 0 Å². The van der Waals surface area contributed by atoms with E-state index in [4.69, 9.17) is 31.4 Å². The molecule has 1 amide bonds. The van der Waals surface area contributed by atoms with Gasteiger partial charge in [0.25, 0.3) is 5.91 Å². The van der Waals surface area contributed by atoms with Crippen LogP contribution in [-0.4, -0.2) is 42.7 Å². The van der Waals surface area contributed by atoms with Crippen LogP contribution in [0.1, 0.15) is 17.3 Å². The smallest absolute Gasteiger partial charge is 0.265 e. The summed E-state index contributed by atoms with van der Waals surface area (Å²) >= 11 is 0. The molecule has 3 nitrogen and oxygen atoms in total. The summed E-state index contributed by atoms with van der Waals surface area (Å²) in [6, 6.07) is 8.62. The second kappa shape index (κ2) is 5.05. The number of rotatable bonds is 4. The van der Waals surface area contributed by atoms with E-state index < -0.39 is 10.6 Å². The van der Waals surface area contributed by atoms with Crippen molar-refractivity contribution in [1.29, 1.82) is 0 Å². The fourth-order valence-electron chi connectivity index (χ4n) is 0.957. The maximum Gasteiger partial charge on any atom is 0.265 e. The van der Waals surface area contributed by atoms with Crippen LogP contribution in [0.15, 0.2) is 30.3 Å². The Kier molecular flexibility index (Phi) is 4.15. The molecule has 2 N–H and O–H groups in total. The van der Waals surface area contributed by atoms with E-state index in [0.29, 0.717) is 5.56 Å². The predicted octanol–water partition coefficient (Wildman–Crippen LogP) is -0.615. The molecular weight excluding hydrogens is 207 g/mol. The van der Waals surface area contributed by atoms with E-state index in [2.05, 4.69) is 10.9 Å². The molecule has 17 heavy (non-hydrogen) atoms. The van der Waals surface area contributed by atoms with Crippen LogP contribution in [-0.2, 0) is 0 Å². The minimum Gasteiger partial charge on any atom is -0.288 e. The first kappa shape index (κ1) is 14.0. The van der Waals surface area contributed by atoms with E-state index in [-0.39, 0.29) is 5.91 Å². The standard InChI is InChI=1S/C10H10B4N2O/c1-9(11,10(12,13)14)16-15-8(17)7-5-3-2-4-6-7/h2-6,16H,1H3,(H,15,17). The topological polar surface area (TPSA) is 41.1 Å². The van der Waals surface area contributed by atoms with Gasteiger partial charge in [-0.3, -0.25) is 10.2 Å². The van der Waals surface area contributed by atoms with Crippen LogP contribution in [0, 0.1) is 0 Å². The zero-order valence-electron chi connectivity index (χ0n) is 9.60. The Balaban J connectivity index is 2.61. The Bertz CT molecular complexity index is 389. The zero-order chi connectivity index (χ0) is 13.1. The number of carbonyl (C=O) groups excluding carboxylic acids is 1. The van der Waals surface area contributed by atoms with Gasteiger partial charge in [-0.25, -0.2) is 5.43 Å². The van der Waals surface area contributed by atoms with Gasteiger partial charge in [-0.15, -0.1) is 5.11 Å². The Hall–Kier alpha value is -1.09. The summed E-state index contributed by atoms with van der Waals surface area (Å²) in [6.45, 7) is 1.47. The van der Waals surface area contributed by atoms with Gasteiger partial charge in [0.2, 0.25) is 0 Å². The van der Waals surface area contributed by atoms with Gasteiger partial charge < -0.3 is 0 Å². The molecule has 1 unspecified atom stereocenters. The molecule has 0 bridgehead atoms. The van der Waals surface area contributed by atoms with Gasteiger partial charge in [-0.1, -0.05) is 25.1 Å². The number of amides is 1. The number of benzene rings is 1. The van der Waals surface area contributed by atoms with Gasteiger partial charge in [0.1, 0.15) is 0 Å². The van der Waals surface area contributed by atoms with Crippen LogP contribution in [0.2, 0.25) is 5.11 Å². The van der Waals surface area contributed by atoms with Crippen LogP contribution >= 0.6 is 0 Å². The molecule has 0 saturated carbocycles. The fraction of sp³-hybridized carbons (Fsp3) is 0.300. The zero-order valence-corrected chi connectivity index (χ0v) is 9.60. The molecular formula is C10H10B4N2O. The first-order chi connectivity index (χ1) is 7.74. The highest BCUT2D eigenvalue weighted by Gasteiger charge is 2.30. The average molecular weight is 217 g/mol. The quantitative estimate of drug-likeness (QED) is 0.522. The summed E-state index contributed by atoms with van der Waals surface area (Å²) in [6.07, 6.45) is 0. The maximum atomic E-state index is 11.7. The van der Waals surface area contributed by atoms with E-state index in [9.17, 15) is 4.79 Å². The summed E-state index contributed by atoms with van der Waals surface area (Å²) in [5.41, 5.74) is 4.02. The van der Waals surface area contributed by atoms with Crippen molar-refractivity contribution in [3.8, 4) is 0 Å². The molecule has 0 aliphatic rings. The summed E-state index contributed by atoms with van der Waals surface area (Å²) in [5.74, 6) is -0.355. The highest BCUT2D eigenvalue weighted by atomic mass is 16.2. The Labute approximate surface area is 107 Å². The number of carbonyl (C=O) groups is 1. The molecule has 8 radical (unpaired) electrons. The lowest BCUT2D eigenvalue weighted by Gasteiger charge is -2.41. The van der Waals surface area contributed by atoms with Gasteiger partial charge in [-0.05, 0) is 17.6 Å². The molecule has 0 aliphatic heterocycles. The van der Waals surface area contributed by atoms with Crippen molar-refractivity contribution in [1.82, 2.24) is 10.9 Å². The molecule has 7 heteroatoms. The minimum atomic E-state index is -1.67. The molecule has 1 rings (SSSR count). The highest BCUT2D eigenvalue weighted by molar-refractivity contribution is 6.62. The Morgan fingerprint density at radius 2 is 1.65 bits per heavy atom.